The van der Waals surface area contributed by atoms with Crippen molar-refractivity contribution in [3.63, 3.8) is 0 Å². The lowest BCUT2D eigenvalue weighted by molar-refractivity contribution is -0.384. The molecule has 0 saturated carbocycles. The fourth-order valence-corrected chi connectivity index (χ4v) is 3.16. The minimum Gasteiger partial charge on any atom is -0.398 e. The van der Waals surface area contributed by atoms with E-state index in [1.807, 2.05) is 0 Å². The zero-order valence-electron chi connectivity index (χ0n) is 17.2. The van der Waals surface area contributed by atoms with Crippen molar-refractivity contribution in [2.45, 2.75) is 0 Å². The van der Waals surface area contributed by atoms with Gasteiger partial charge in [-0.2, -0.15) is 0 Å². The number of nitro benzene ring substituents is 1. The van der Waals surface area contributed by atoms with Crippen LogP contribution in [-0.4, -0.2) is 63.6 Å². The van der Waals surface area contributed by atoms with Crippen molar-refractivity contribution in [2.75, 3.05) is 62.5 Å². The van der Waals surface area contributed by atoms with E-state index in [2.05, 4.69) is 15.2 Å². The summed E-state index contributed by atoms with van der Waals surface area (Å²) in [6.45, 7) is 3.41. The number of carbonyl (C=O) groups is 1. The van der Waals surface area contributed by atoms with Crippen LogP contribution in [0.15, 0.2) is 41.4 Å². The van der Waals surface area contributed by atoms with Crippen molar-refractivity contribution in [2.24, 2.45) is 4.99 Å². The summed E-state index contributed by atoms with van der Waals surface area (Å²) in [5.74, 6) is -0.453. The van der Waals surface area contributed by atoms with Gasteiger partial charge in [0.05, 0.1) is 42.7 Å². The lowest BCUT2D eigenvalue weighted by Gasteiger charge is -2.31. The van der Waals surface area contributed by atoms with Crippen LogP contribution < -0.4 is 16.0 Å². The second-order valence-electron chi connectivity index (χ2n) is 6.89. The first kappa shape index (κ1) is 22.2. The van der Waals surface area contributed by atoms with Gasteiger partial charge in [0, 0.05) is 55.4 Å². The Morgan fingerprint density at radius 1 is 1.35 bits per heavy atom. The molecule has 3 N–H and O–H groups in total. The smallest absolute Gasteiger partial charge is 0.270 e. The third kappa shape index (κ3) is 5.77. The first-order valence-corrected chi connectivity index (χ1v) is 9.80. The van der Waals surface area contributed by atoms with Gasteiger partial charge in [-0.15, -0.1) is 0 Å². The van der Waals surface area contributed by atoms with Crippen molar-refractivity contribution in [1.29, 1.82) is 0 Å². The van der Waals surface area contributed by atoms with Crippen LogP contribution in [0, 0.1) is 10.1 Å². The number of nitro groups is 1. The molecule has 0 bridgehead atoms. The topological polar surface area (TPSA) is 132 Å². The molecule has 0 aromatic heterocycles. The third-order valence-corrected chi connectivity index (χ3v) is 4.78. The molecule has 31 heavy (non-hydrogen) atoms. The molecule has 1 aliphatic rings. The van der Waals surface area contributed by atoms with Crippen molar-refractivity contribution in [1.82, 2.24) is 0 Å². The number of nitrogens with one attached hydrogen (secondary N) is 1. The molecule has 1 saturated heterocycles. The summed E-state index contributed by atoms with van der Waals surface area (Å²) in [5, 5.41) is 13.9. The Balaban J connectivity index is 1.92. The normalized spacial score (nSPS) is 14.0. The Labute approximate surface area is 179 Å². The number of carbonyl (C=O) groups excluding carboxylic acids is 1. The summed E-state index contributed by atoms with van der Waals surface area (Å²) in [7, 11) is 1.60. The highest BCUT2D eigenvalue weighted by Gasteiger charge is 2.19. The number of aliphatic imine (C=N–C) groups is 1. The summed E-state index contributed by atoms with van der Waals surface area (Å²) in [6.07, 6.45) is 1.64. The molecule has 1 fully saturated rings. The average Bonchev–Trinajstić information content (AvgIpc) is 2.79. The second kappa shape index (κ2) is 10.5. The number of hydrogen-bond acceptors (Lipinski definition) is 8. The van der Waals surface area contributed by atoms with Gasteiger partial charge < -0.3 is 25.4 Å². The first-order chi connectivity index (χ1) is 15.0. The molecule has 10 heteroatoms. The number of nitrogens with zero attached hydrogens (tertiary/aromatic N) is 3. The number of anilines is 3. The largest absolute Gasteiger partial charge is 0.398 e. The van der Waals surface area contributed by atoms with E-state index in [-0.39, 0.29) is 11.3 Å². The highest BCUT2D eigenvalue weighted by Crippen LogP contribution is 2.32. The van der Waals surface area contributed by atoms with Gasteiger partial charge in [0.25, 0.3) is 11.6 Å². The number of non-ortho nitro benzene ring substituents is 1. The Kier molecular flexibility index (Phi) is 7.52. The zero-order valence-corrected chi connectivity index (χ0v) is 17.2. The maximum absolute atomic E-state index is 12.9. The van der Waals surface area contributed by atoms with E-state index < -0.39 is 10.8 Å². The molecule has 10 nitrogen and oxygen atoms in total. The molecular formula is C21H25N5O5. The highest BCUT2D eigenvalue weighted by atomic mass is 16.6. The molecule has 0 atom stereocenters. The van der Waals surface area contributed by atoms with Crippen molar-refractivity contribution >= 4 is 34.9 Å². The second-order valence-corrected chi connectivity index (χ2v) is 6.89. The fraction of sp³-hybridized carbons (Fsp3) is 0.333. The van der Waals surface area contributed by atoms with Crippen LogP contribution in [0.25, 0.3) is 0 Å². The number of benzene rings is 2. The summed E-state index contributed by atoms with van der Waals surface area (Å²) in [4.78, 5) is 29.7. The van der Waals surface area contributed by atoms with Crippen molar-refractivity contribution in [3.05, 3.63) is 57.6 Å². The van der Waals surface area contributed by atoms with Gasteiger partial charge in [-0.25, -0.2) is 0 Å². The molecule has 0 spiro atoms. The number of amides is 1. The minimum absolute atomic E-state index is 0.149. The van der Waals surface area contributed by atoms with E-state index in [9.17, 15) is 14.9 Å². The monoisotopic (exact) mass is 427 g/mol. The molecule has 3 rings (SSSR count). The minimum atomic E-state index is -0.534. The summed E-state index contributed by atoms with van der Waals surface area (Å²) in [6, 6.07) is 9.15. The number of hydrogen-bond donors (Lipinski definition) is 2. The van der Waals surface area contributed by atoms with Gasteiger partial charge in [0.15, 0.2) is 0 Å². The van der Waals surface area contributed by atoms with E-state index in [1.54, 1.807) is 25.5 Å². The Morgan fingerprint density at radius 2 is 2.13 bits per heavy atom. The van der Waals surface area contributed by atoms with E-state index >= 15 is 0 Å². The Morgan fingerprint density at radius 3 is 2.84 bits per heavy atom. The summed E-state index contributed by atoms with van der Waals surface area (Å²) >= 11 is 0. The molecule has 2 aromatic rings. The van der Waals surface area contributed by atoms with Gasteiger partial charge in [-0.1, -0.05) is 6.07 Å². The van der Waals surface area contributed by atoms with Gasteiger partial charge in [-0.3, -0.25) is 19.9 Å². The van der Waals surface area contributed by atoms with Crippen LogP contribution in [0.3, 0.4) is 0 Å². The SMILES string of the molecule is COCCN=Cc1cc(NC(=O)c2cccc([N+](=O)[O-])c2)c(N2CCOCC2)cc1N. The predicted octanol–water partition coefficient (Wildman–Crippen LogP) is 2.33. The lowest BCUT2D eigenvalue weighted by atomic mass is 10.1. The molecule has 0 unspecified atom stereocenters. The van der Waals surface area contributed by atoms with Gasteiger partial charge in [0.2, 0.25) is 0 Å². The molecule has 0 aliphatic carbocycles. The van der Waals surface area contributed by atoms with Gasteiger partial charge >= 0.3 is 0 Å². The molecule has 1 heterocycles. The van der Waals surface area contributed by atoms with Crippen LogP contribution in [-0.2, 0) is 9.47 Å². The molecule has 2 aromatic carbocycles. The van der Waals surface area contributed by atoms with E-state index in [4.69, 9.17) is 15.2 Å². The summed E-state index contributed by atoms with van der Waals surface area (Å²) < 4.78 is 10.4. The number of morpholine rings is 1. The molecular weight excluding hydrogens is 402 g/mol. The van der Waals surface area contributed by atoms with Gasteiger partial charge in [-0.05, 0) is 18.2 Å². The molecule has 164 valence electrons. The number of methoxy groups -OCH3 is 1. The van der Waals surface area contributed by atoms with Crippen molar-refractivity contribution in [3.8, 4) is 0 Å². The van der Waals surface area contributed by atoms with Crippen LogP contribution in [0.5, 0.6) is 0 Å². The molecule has 1 aliphatic heterocycles. The standard InChI is InChI=1S/C21H25N5O5/c1-30-8-5-23-14-16-12-19(20(13-18(16)22)25-6-9-31-10-7-25)24-21(27)15-3-2-4-17(11-15)26(28)29/h2-4,11-14H,5-10,22H2,1H3,(H,24,27). The first-order valence-electron chi connectivity index (χ1n) is 9.80. The third-order valence-electron chi connectivity index (χ3n) is 4.78. The predicted molar refractivity (Wildman–Crippen MR) is 119 cm³/mol. The van der Waals surface area contributed by atoms with Gasteiger partial charge in [0.1, 0.15) is 0 Å². The van der Waals surface area contributed by atoms with Crippen molar-refractivity contribution < 1.29 is 19.2 Å². The number of ether oxygens (including phenoxy) is 2. The number of nitrogens with two attached hydrogens (primary N) is 1. The van der Waals surface area contributed by atoms with Crippen LogP contribution >= 0.6 is 0 Å². The number of nitrogen functional groups attached to an aromatic ring is 1. The van der Waals surface area contributed by atoms with Crippen LogP contribution in [0.4, 0.5) is 22.7 Å². The van der Waals surface area contributed by atoms with E-state index in [0.29, 0.717) is 56.4 Å². The maximum Gasteiger partial charge on any atom is 0.270 e. The van der Waals surface area contributed by atoms with Crippen LogP contribution in [0.1, 0.15) is 15.9 Å². The molecule has 0 radical (unpaired) electrons. The Hall–Kier alpha value is -3.50. The average molecular weight is 427 g/mol. The van der Waals surface area contributed by atoms with E-state index in [1.165, 1.54) is 24.3 Å². The summed E-state index contributed by atoms with van der Waals surface area (Å²) in [5.41, 5.74) is 8.76. The molecule has 1 amide bonds. The highest BCUT2D eigenvalue weighted by molar-refractivity contribution is 6.07. The number of rotatable bonds is 8. The lowest BCUT2D eigenvalue weighted by Crippen LogP contribution is -2.37. The maximum atomic E-state index is 12.9. The van der Waals surface area contributed by atoms with Crippen LogP contribution in [0.2, 0.25) is 0 Å². The Bertz CT molecular complexity index is 973. The van der Waals surface area contributed by atoms with E-state index in [0.717, 1.165) is 5.69 Å². The zero-order chi connectivity index (χ0) is 22.2. The quantitative estimate of drug-likeness (QED) is 0.217. The fourth-order valence-electron chi connectivity index (χ4n) is 3.16.